The molecule has 247 valence electrons. The summed E-state index contributed by atoms with van der Waals surface area (Å²) in [6.07, 6.45) is 8.98. The van der Waals surface area contributed by atoms with E-state index in [4.69, 9.17) is 4.98 Å². The topological polar surface area (TPSA) is 50.2 Å². The minimum absolute atomic E-state index is 0. The molecule has 1 aliphatic carbocycles. The molecule has 0 fully saturated rings. The summed E-state index contributed by atoms with van der Waals surface area (Å²) >= 11 is 0. The van der Waals surface area contributed by atoms with E-state index in [1.807, 2.05) is 33.9 Å². The number of nitrogens with zero attached hydrogens (tertiary/aromatic N) is 1. The number of hydrogen-bond acceptors (Lipinski definition) is 3. The van der Waals surface area contributed by atoms with Crippen LogP contribution in [0.2, 0.25) is 0 Å². The van der Waals surface area contributed by atoms with Crippen molar-refractivity contribution >= 4 is 16.6 Å². The van der Waals surface area contributed by atoms with Crippen molar-refractivity contribution in [3.05, 3.63) is 101 Å². The molecule has 0 spiro atoms. The van der Waals surface area contributed by atoms with Crippen LogP contribution in [0.5, 0.6) is 0 Å². The largest absolute Gasteiger partial charge is 0.512 e. The summed E-state index contributed by atoms with van der Waals surface area (Å²) in [6.45, 7) is 17.1. The van der Waals surface area contributed by atoms with Gasteiger partial charge >= 0.3 is 0 Å². The fourth-order valence-electron chi connectivity index (χ4n) is 6.57. The van der Waals surface area contributed by atoms with Gasteiger partial charge in [0.05, 0.1) is 5.76 Å². The third-order valence-corrected chi connectivity index (χ3v) is 9.55. The maximum Gasteiger partial charge on any atom is 0.162 e. The molecule has 0 bridgehead atoms. The molecule has 5 rings (SSSR count). The Labute approximate surface area is 291 Å². The van der Waals surface area contributed by atoms with E-state index in [9.17, 15) is 9.90 Å². The van der Waals surface area contributed by atoms with E-state index < -0.39 is 0 Å². The van der Waals surface area contributed by atoms with Crippen molar-refractivity contribution in [1.29, 1.82) is 0 Å². The zero-order valence-corrected chi connectivity index (χ0v) is 31.4. The average molecular weight is 795 g/mol. The summed E-state index contributed by atoms with van der Waals surface area (Å²) in [5.74, 6) is 1.57. The number of pyridine rings is 1. The Bertz CT molecular complexity index is 1640. The van der Waals surface area contributed by atoms with E-state index in [-0.39, 0.29) is 43.5 Å². The third kappa shape index (κ3) is 8.44. The van der Waals surface area contributed by atoms with Crippen LogP contribution in [0.1, 0.15) is 115 Å². The van der Waals surface area contributed by atoms with Crippen molar-refractivity contribution in [3.8, 4) is 22.4 Å². The molecule has 3 aromatic carbocycles. The number of carbonyl (C=O) groups is 1. The van der Waals surface area contributed by atoms with Gasteiger partial charge in [-0.2, -0.15) is 0 Å². The second-order valence-electron chi connectivity index (χ2n) is 13.1. The summed E-state index contributed by atoms with van der Waals surface area (Å²) in [7, 11) is 0. The van der Waals surface area contributed by atoms with E-state index >= 15 is 0 Å². The summed E-state index contributed by atoms with van der Waals surface area (Å²) in [5.41, 5.74) is 10.6. The Morgan fingerprint density at radius 3 is 2.15 bits per heavy atom. The Hall–Kier alpha value is -3.07. The molecule has 0 aliphatic heterocycles. The number of carbonyl (C=O) groups excluding carboxylic acids is 1. The SMILES string of the molecule is CC(C)c1ccc2c(c1)CCc1c-2ccnc1-c1[c-]c2ccccc2c(C(C)C)c1.CCC(CC)C(=O)/C=C(\O)C(CC)CC.[Ir]. The average Bonchev–Trinajstić information content (AvgIpc) is 3.04. The molecule has 46 heavy (non-hydrogen) atoms. The number of hydrogen-bond donors (Lipinski definition) is 1. The van der Waals surface area contributed by atoms with Gasteiger partial charge in [0.2, 0.25) is 0 Å². The number of ketones is 1. The normalized spacial score (nSPS) is 12.6. The Balaban J connectivity index is 0.000000309. The van der Waals surface area contributed by atoms with Crippen molar-refractivity contribution in [2.75, 3.05) is 0 Å². The second kappa shape index (κ2) is 17.2. The predicted molar refractivity (Wildman–Crippen MR) is 191 cm³/mol. The van der Waals surface area contributed by atoms with Crippen LogP contribution in [0, 0.1) is 17.9 Å². The van der Waals surface area contributed by atoms with Crippen LogP contribution in [0.25, 0.3) is 33.2 Å². The van der Waals surface area contributed by atoms with Crippen LogP contribution in [0.15, 0.2) is 72.6 Å². The first-order chi connectivity index (χ1) is 21.6. The summed E-state index contributed by atoms with van der Waals surface area (Å²) in [5, 5.41) is 12.2. The molecule has 1 aliphatic rings. The summed E-state index contributed by atoms with van der Waals surface area (Å²) < 4.78 is 0. The van der Waals surface area contributed by atoms with Crippen LogP contribution in [0.4, 0.5) is 0 Å². The van der Waals surface area contributed by atoms with Crippen molar-refractivity contribution < 1.29 is 30.0 Å². The smallest absolute Gasteiger partial charge is 0.162 e. The summed E-state index contributed by atoms with van der Waals surface area (Å²) in [6, 6.07) is 23.8. The number of rotatable bonds is 10. The third-order valence-electron chi connectivity index (χ3n) is 9.55. The van der Waals surface area contributed by atoms with Gasteiger partial charge < -0.3 is 5.11 Å². The van der Waals surface area contributed by atoms with E-state index in [0.717, 1.165) is 49.8 Å². The first-order valence-corrected chi connectivity index (χ1v) is 17.1. The minimum atomic E-state index is 0. The van der Waals surface area contributed by atoms with E-state index in [1.165, 1.54) is 50.2 Å². The number of benzene rings is 3. The molecule has 0 unspecified atom stereocenters. The molecule has 1 aromatic heterocycles. The monoisotopic (exact) mass is 795 g/mol. The van der Waals surface area contributed by atoms with Crippen LogP contribution in [-0.2, 0) is 37.7 Å². The van der Waals surface area contributed by atoms with Gasteiger partial charge in [-0.05, 0) is 84.2 Å². The zero-order chi connectivity index (χ0) is 32.7. The molecule has 0 saturated heterocycles. The molecule has 1 heterocycles. The Kier molecular flexibility index (Phi) is 14.0. The van der Waals surface area contributed by atoms with E-state index in [0.29, 0.717) is 11.8 Å². The Morgan fingerprint density at radius 1 is 0.848 bits per heavy atom. The molecule has 1 radical (unpaired) electrons. The van der Waals surface area contributed by atoms with Crippen LogP contribution >= 0.6 is 0 Å². The maximum absolute atomic E-state index is 11.7. The van der Waals surface area contributed by atoms with E-state index in [1.54, 1.807) is 0 Å². The van der Waals surface area contributed by atoms with Crippen LogP contribution < -0.4 is 0 Å². The zero-order valence-electron chi connectivity index (χ0n) is 29.0. The van der Waals surface area contributed by atoms with Gasteiger partial charge in [0, 0.05) is 49.9 Å². The Morgan fingerprint density at radius 2 is 1.52 bits per heavy atom. The second-order valence-corrected chi connectivity index (χ2v) is 13.1. The molecule has 3 nitrogen and oxygen atoms in total. The number of aliphatic hydroxyl groups excluding tert-OH is 1. The first-order valence-electron chi connectivity index (χ1n) is 17.1. The van der Waals surface area contributed by atoms with E-state index in [2.05, 4.69) is 88.4 Å². The van der Waals surface area contributed by atoms with Crippen molar-refractivity contribution in [2.45, 2.75) is 106 Å². The van der Waals surface area contributed by atoms with Crippen LogP contribution in [-0.4, -0.2) is 15.9 Å². The minimum Gasteiger partial charge on any atom is -0.512 e. The summed E-state index contributed by atoms with van der Waals surface area (Å²) in [4.78, 5) is 16.6. The fourth-order valence-corrected chi connectivity index (χ4v) is 6.57. The number of allylic oxidation sites excluding steroid dienone is 2. The molecular formula is C42H52IrNO2-. The predicted octanol–water partition coefficient (Wildman–Crippen LogP) is 11.6. The standard InChI is InChI=1S/C29H28N.C13H24O2.Ir/c1-18(2)20-9-11-25-22(15-20)10-12-27-26(25)13-14-30-29(27)23-16-21-7-5-6-8-24(21)28(17-23)19(3)4;1-5-10(6-2)12(14)9-13(15)11(7-3)8-4;/h5-9,11,13-15,17-19H,10,12H2,1-4H3;9-11,14H,5-8H2,1-4H3;/q-1;;/b;12-9-;. The quantitative estimate of drug-likeness (QED) is 0.0988. The number of aromatic nitrogens is 1. The number of fused-ring (bicyclic) bond motifs is 4. The molecule has 4 heteroatoms. The maximum atomic E-state index is 11.7. The molecule has 4 aromatic rings. The number of aryl methyl sites for hydroxylation is 1. The molecule has 0 saturated carbocycles. The molecule has 0 atom stereocenters. The van der Waals surface area contributed by atoms with Gasteiger partial charge in [-0.1, -0.05) is 103 Å². The van der Waals surface area contributed by atoms with Crippen molar-refractivity contribution in [3.63, 3.8) is 0 Å². The first kappa shape index (κ1) is 37.4. The van der Waals surface area contributed by atoms with Gasteiger partial charge in [0.15, 0.2) is 5.78 Å². The van der Waals surface area contributed by atoms with Crippen molar-refractivity contribution in [2.24, 2.45) is 11.8 Å². The van der Waals surface area contributed by atoms with Gasteiger partial charge in [0.25, 0.3) is 0 Å². The van der Waals surface area contributed by atoms with Gasteiger partial charge in [-0.25, -0.2) is 0 Å². The van der Waals surface area contributed by atoms with Crippen molar-refractivity contribution in [1.82, 2.24) is 4.98 Å². The fraction of sp³-hybridized carbons (Fsp3) is 0.429. The number of aliphatic hydroxyl groups is 1. The van der Waals surface area contributed by atoms with Gasteiger partial charge in [-0.15, -0.1) is 29.1 Å². The molecular weight excluding hydrogens is 743 g/mol. The molecule has 0 amide bonds. The van der Waals surface area contributed by atoms with Gasteiger partial charge in [0.1, 0.15) is 0 Å². The van der Waals surface area contributed by atoms with Gasteiger partial charge in [-0.3, -0.25) is 9.78 Å². The van der Waals surface area contributed by atoms with Crippen LogP contribution in [0.3, 0.4) is 0 Å². The molecule has 1 N–H and O–H groups in total.